The Kier molecular flexibility index (Phi) is 2.38. The fourth-order valence-electron chi connectivity index (χ4n) is 2.19. The van der Waals surface area contributed by atoms with Crippen molar-refractivity contribution in [1.82, 2.24) is 4.90 Å². The lowest BCUT2D eigenvalue weighted by Gasteiger charge is -2.16. The van der Waals surface area contributed by atoms with Crippen molar-refractivity contribution in [3.63, 3.8) is 0 Å². The van der Waals surface area contributed by atoms with Crippen molar-refractivity contribution >= 4 is 5.91 Å². The summed E-state index contributed by atoms with van der Waals surface area (Å²) in [5.74, 6) is 1.01. The molecule has 0 spiro atoms. The number of carbonyl (C=O) groups excluding carboxylic acids is 1. The van der Waals surface area contributed by atoms with Crippen molar-refractivity contribution in [2.75, 3.05) is 13.1 Å². The van der Waals surface area contributed by atoms with Crippen molar-refractivity contribution < 1.29 is 4.79 Å². The number of hydrogen-bond acceptors (Lipinski definition) is 1. The van der Waals surface area contributed by atoms with E-state index in [9.17, 15) is 4.79 Å². The molecule has 1 amide bonds. The van der Waals surface area contributed by atoms with Crippen LogP contribution in [0.1, 0.15) is 32.6 Å². The van der Waals surface area contributed by atoms with Crippen molar-refractivity contribution in [1.29, 1.82) is 0 Å². The summed E-state index contributed by atoms with van der Waals surface area (Å²) in [5, 5.41) is 0. The highest BCUT2D eigenvalue weighted by Gasteiger charge is 2.25. The van der Waals surface area contributed by atoms with E-state index in [-0.39, 0.29) is 0 Å². The Labute approximate surface area is 79.6 Å². The Morgan fingerprint density at radius 2 is 2.46 bits per heavy atom. The molecule has 2 nitrogen and oxygen atoms in total. The van der Waals surface area contributed by atoms with E-state index in [0.717, 1.165) is 31.5 Å². The minimum Gasteiger partial charge on any atom is -0.339 e. The number of carbonyl (C=O) groups is 1. The molecule has 0 aromatic rings. The van der Waals surface area contributed by atoms with Gasteiger partial charge in [0.25, 0.3) is 0 Å². The van der Waals surface area contributed by atoms with Crippen LogP contribution in [0.5, 0.6) is 0 Å². The minimum absolute atomic E-state index is 0.307. The van der Waals surface area contributed by atoms with Crippen LogP contribution in [0.4, 0.5) is 0 Å². The first-order valence-corrected chi connectivity index (χ1v) is 5.25. The topological polar surface area (TPSA) is 20.3 Å². The van der Waals surface area contributed by atoms with Crippen LogP contribution in [0.25, 0.3) is 0 Å². The lowest BCUT2D eigenvalue weighted by molar-refractivity contribution is -0.126. The summed E-state index contributed by atoms with van der Waals surface area (Å²) in [4.78, 5) is 13.9. The van der Waals surface area contributed by atoms with E-state index in [0.29, 0.717) is 11.8 Å². The van der Waals surface area contributed by atoms with E-state index in [1.165, 1.54) is 12.8 Å². The third-order valence-corrected chi connectivity index (χ3v) is 3.03. The van der Waals surface area contributed by atoms with Crippen molar-refractivity contribution in [3.05, 3.63) is 11.6 Å². The average Bonchev–Trinajstić information content (AvgIpc) is 2.72. The predicted octanol–water partition coefficient (Wildman–Crippen LogP) is 1.97. The number of allylic oxidation sites excluding steroid dienone is 1. The summed E-state index contributed by atoms with van der Waals surface area (Å²) in [6, 6.07) is 0. The summed E-state index contributed by atoms with van der Waals surface area (Å²) < 4.78 is 0. The maximum absolute atomic E-state index is 11.9. The Hall–Kier alpha value is -0.790. The normalized spacial score (nSPS) is 27.9. The van der Waals surface area contributed by atoms with Crippen LogP contribution in [0, 0.1) is 5.92 Å². The molecule has 0 aromatic carbocycles. The van der Waals surface area contributed by atoms with Crippen molar-refractivity contribution in [3.8, 4) is 0 Å². The molecule has 1 fully saturated rings. The summed E-state index contributed by atoms with van der Waals surface area (Å²) in [5.41, 5.74) is 1.06. The number of nitrogens with zero attached hydrogens (tertiary/aromatic N) is 1. The number of rotatable bonds is 1. The molecule has 0 N–H and O–H groups in total. The van der Waals surface area contributed by atoms with E-state index >= 15 is 0 Å². The fourth-order valence-corrected chi connectivity index (χ4v) is 2.19. The number of hydrogen-bond donors (Lipinski definition) is 0. The third kappa shape index (κ3) is 1.77. The second kappa shape index (κ2) is 3.52. The quantitative estimate of drug-likeness (QED) is 0.602. The predicted molar refractivity (Wildman–Crippen MR) is 52.3 cm³/mol. The van der Waals surface area contributed by atoms with Gasteiger partial charge in [0, 0.05) is 18.7 Å². The van der Waals surface area contributed by atoms with Gasteiger partial charge in [0.15, 0.2) is 0 Å². The lowest BCUT2D eigenvalue weighted by atomic mass is 10.2. The summed E-state index contributed by atoms with van der Waals surface area (Å²) in [7, 11) is 0. The third-order valence-electron chi connectivity index (χ3n) is 3.03. The summed E-state index contributed by atoms with van der Waals surface area (Å²) in [6.45, 7) is 4.16. The van der Waals surface area contributed by atoms with Crippen LogP contribution in [0.3, 0.4) is 0 Å². The monoisotopic (exact) mass is 179 g/mol. The van der Waals surface area contributed by atoms with Crippen LogP contribution in [0.15, 0.2) is 11.6 Å². The van der Waals surface area contributed by atoms with Gasteiger partial charge in [-0.25, -0.2) is 0 Å². The van der Waals surface area contributed by atoms with Crippen LogP contribution in [-0.4, -0.2) is 23.9 Å². The zero-order valence-corrected chi connectivity index (χ0v) is 8.25. The maximum Gasteiger partial charge on any atom is 0.249 e. The highest BCUT2D eigenvalue weighted by atomic mass is 16.2. The van der Waals surface area contributed by atoms with Crippen molar-refractivity contribution in [2.45, 2.75) is 32.6 Å². The maximum atomic E-state index is 11.9. The summed E-state index contributed by atoms with van der Waals surface area (Å²) in [6.07, 6.45) is 6.57. The molecule has 1 saturated heterocycles. The molecular formula is C11H17NO. The van der Waals surface area contributed by atoms with Gasteiger partial charge in [-0.1, -0.05) is 13.0 Å². The molecule has 72 valence electrons. The Bertz CT molecular complexity index is 244. The average molecular weight is 179 g/mol. The smallest absolute Gasteiger partial charge is 0.249 e. The van der Waals surface area contributed by atoms with E-state index in [1.807, 2.05) is 4.90 Å². The van der Waals surface area contributed by atoms with E-state index in [4.69, 9.17) is 0 Å². The lowest BCUT2D eigenvalue weighted by Crippen LogP contribution is -2.29. The van der Waals surface area contributed by atoms with Crippen LogP contribution >= 0.6 is 0 Å². The zero-order chi connectivity index (χ0) is 9.26. The van der Waals surface area contributed by atoms with Gasteiger partial charge < -0.3 is 4.90 Å². The Morgan fingerprint density at radius 3 is 3.00 bits per heavy atom. The molecule has 2 heteroatoms. The van der Waals surface area contributed by atoms with Gasteiger partial charge in [-0.2, -0.15) is 0 Å². The van der Waals surface area contributed by atoms with Crippen LogP contribution in [-0.2, 0) is 4.79 Å². The SMILES string of the molecule is C[C@@H]1CCN(C(=O)C2=CCCC2)C1. The highest BCUT2D eigenvalue weighted by Crippen LogP contribution is 2.23. The van der Waals surface area contributed by atoms with E-state index in [2.05, 4.69) is 13.0 Å². The first-order valence-electron chi connectivity index (χ1n) is 5.25. The first-order chi connectivity index (χ1) is 6.27. The van der Waals surface area contributed by atoms with E-state index < -0.39 is 0 Å². The molecule has 0 radical (unpaired) electrons. The molecule has 0 bridgehead atoms. The molecule has 1 atom stereocenters. The summed E-state index contributed by atoms with van der Waals surface area (Å²) >= 11 is 0. The van der Waals surface area contributed by atoms with Crippen LogP contribution in [0.2, 0.25) is 0 Å². The molecule has 1 heterocycles. The first kappa shape index (κ1) is 8.79. The molecule has 0 saturated carbocycles. The molecule has 1 aliphatic carbocycles. The second-order valence-corrected chi connectivity index (χ2v) is 4.27. The molecule has 13 heavy (non-hydrogen) atoms. The molecular weight excluding hydrogens is 162 g/mol. The zero-order valence-electron chi connectivity index (χ0n) is 8.25. The Balaban J connectivity index is 1.97. The highest BCUT2D eigenvalue weighted by molar-refractivity contribution is 5.93. The van der Waals surface area contributed by atoms with Gasteiger partial charge in [-0.3, -0.25) is 4.79 Å². The number of amides is 1. The molecule has 2 rings (SSSR count). The molecule has 1 aliphatic heterocycles. The van der Waals surface area contributed by atoms with Gasteiger partial charge in [0.05, 0.1) is 0 Å². The standard InChI is InChI=1S/C11H17NO/c1-9-6-7-12(8-9)11(13)10-4-2-3-5-10/h4,9H,2-3,5-8H2,1H3/t9-/m1/s1. The second-order valence-electron chi connectivity index (χ2n) is 4.27. The van der Waals surface area contributed by atoms with Gasteiger partial charge >= 0.3 is 0 Å². The molecule has 0 aromatic heterocycles. The van der Waals surface area contributed by atoms with E-state index in [1.54, 1.807) is 0 Å². The fraction of sp³-hybridized carbons (Fsp3) is 0.727. The van der Waals surface area contributed by atoms with Gasteiger partial charge in [0.2, 0.25) is 5.91 Å². The molecule has 2 aliphatic rings. The minimum atomic E-state index is 0.307. The largest absolute Gasteiger partial charge is 0.339 e. The molecule has 0 unspecified atom stereocenters. The number of likely N-dealkylation sites (tertiary alicyclic amines) is 1. The van der Waals surface area contributed by atoms with Gasteiger partial charge in [-0.05, 0) is 31.6 Å². The van der Waals surface area contributed by atoms with Gasteiger partial charge in [-0.15, -0.1) is 0 Å². The van der Waals surface area contributed by atoms with Crippen molar-refractivity contribution in [2.24, 2.45) is 5.92 Å². The van der Waals surface area contributed by atoms with Crippen LogP contribution < -0.4 is 0 Å². The van der Waals surface area contributed by atoms with Gasteiger partial charge in [0.1, 0.15) is 0 Å². The Morgan fingerprint density at radius 1 is 1.62 bits per heavy atom.